The molecule has 0 radical (unpaired) electrons. The van der Waals surface area contributed by atoms with Crippen LogP contribution in [-0.4, -0.2) is 20.5 Å². The molecule has 3 N–H and O–H groups in total. The number of rotatable bonds is 2. The molecule has 0 atom stereocenters. The first-order valence-electron chi connectivity index (χ1n) is 7.77. The van der Waals surface area contributed by atoms with Crippen LogP contribution < -0.4 is 11.3 Å². The highest BCUT2D eigenvalue weighted by Gasteiger charge is 2.41. The minimum absolute atomic E-state index is 0.255. The number of carbonyl (C=O) groups is 1. The first-order chi connectivity index (χ1) is 12.8. The van der Waals surface area contributed by atoms with Crippen LogP contribution in [0.25, 0.3) is 27.5 Å². The molecular weight excluding hydrogens is 361 g/mol. The van der Waals surface area contributed by atoms with Crippen molar-refractivity contribution in [3.63, 3.8) is 0 Å². The largest absolute Gasteiger partial charge is 0.421 e. The van der Waals surface area contributed by atoms with Crippen LogP contribution in [0.4, 0.5) is 13.2 Å². The van der Waals surface area contributed by atoms with Crippen LogP contribution in [0.2, 0.25) is 0 Å². The van der Waals surface area contributed by atoms with Crippen molar-refractivity contribution >= 4 is 22.2 Å². The number of amides is 1. The maximum absolute atomic E-state index is 13.3. The number of halogens is 3. The fraction of sp³-hybridized carbons (Fsp3) is 0.0556. The zero-order chi connectivity index (χ0) is 19.3. The van der Waals surface area contributed by atoms with E-state index in [9.17, 15) is 22.8 Å². The Balaban J connectivity index is 1.99. The third-order valence-electron chi connectivity index (χ3n) is 4.20. The Hall–Kier alpha value is -3.62. The van der Waals surface area contributed by atoms with Crippen molar-refractivity contribution in [3.05, 3.63) is 70.3 Å². The van der Waals surface area contributed by atoms with E-state index >= 15 is 0 Å². The molecule has 27 heavy (non-hydrogen) atoms. The third kappa shape index (κ3) is 2.73. The highest BCUT2D eigenvalue weighted by atomic mass is 19.4. The second-order valence-corrected chi connectivity index (χ2v) is 5.94. The zero-order valence-corrected chi connectivity index (χ0v) is 13.5. The van der Waals surface area contributed by atoms with Gasteiger partial charge in [-0.25, -0.2) is 4.52 Å². The molecule has 2 heterocycles. The van der Waals surface area contributed by atoms with Gasteiger partial charge in [-0.1, -0.05) is 36.4 Å². The predicted octanol–water partition coefficient (Wildman–Crippen LogP) is 2.96. The summed E-state index contributed by atoms with van der Waals surface area (Å²) in [5.74, 6) is -1.36. The molecule has 0 aliphatic carbocycles. The first-order valence-corrected chi connectivity index (χ1v) is 7.77. The average molecular weight is 372 g/mol. The van der Waals surface area contributed by atoms with Gasteiger partial charge in [-0.15, -0.1) is 0 Å². The lowest BCUT2D eigenvalue weighted by Gasteiger charge is -2.07. The zero-order valence-electron chi connectivity index (χ0n) is 13.5. The number of alkyl halides is 3. The van der Waals surface area contributed by atoms with Crippen molar-refractivity contribution in [1.82, 2.24) is 14.6 Å². The standard InChI is InChI=1S/C18H11F3N4O2/c19-18(20,21)13-14(16(22)26)24-25-8-12(23-17(27)15(13)25)11-6-5-9-3-1-2-4-10(9)7-11/h1-8H,(H2,22,26)(H,23,27). The van der Waals surface area contributed by atoms with Crippen molar-refractivity contribution in [2.24, 2.45) is 5.73 Å². The summed E-state index contributed by atoms with van der Waals surface area (Å²) in [6.07, 6.45) is -3.73. The summed E-state index contributed by atoms with van der Waals surface area (Å²) >= 11 is 0. The molecule has 0 unspecified atom stereocenters. The Morgan fingerprint density at radius 3 is 2.48 bits per heavy atom. The number of nitrogens with two attached hydrogens (primary N) is 1. The molecule has 0 fully saturated rings. The van der Waals surface area contributed by atoms with Crippen LogP contribution in [0.5, 0.6) is 0 Å². The number of hydrogen-bond acceptors (Lipinski definition) is 3. The van der Waals surface area contributed by atoms with Gasteiger partial charge in [-0.2, -0.15) is 18.3 Å². The summed E-state index contributed by atoms with van der Waals surface area (Å²) in [7, 11) is 0. The summed E-state index contributed by atoms with van der Waals surface area (Å²) in [5, 5.41) is 5.46. The van der Waals surface area contributed by atoms with Gasteiger partial charge in [0.05, 0.1) is 11.9 Å². The molecule has 0 aliphatic heterocycles. The molecule has 9 heteroatoms. The van der Waals surface area contributed by atoms with Crippen LogP contribution in [0, 0.1) is 0 Å². The number of aromatic amines is 1. The van der Waals surface area contributed by atoms with Gasteiger partial charge in [0, 0.05) is 5.56 Å². The monoisotopic (exact) mass is 372 g/mol. The number of carbonyl (C=O) groups excluding carboxylic acids is 1. The smallest absolute Gasteiger partial charge is 0.364 e. The molecule has 0 aliphatic rings. The minimum atomic E-state index is -4.95. The Morgan fingerprint density at radius 1 is 1.11 bits per heavy atom. The van der Waals surface area contributed by atoms with Crippen LogP contribution in [-0.2, 0) is 6.18 Å². The van der Waals surface area contributed by atoms with E-state index in [0.717, 1.165) is 15.3 Å². The summed E-state index contributed by atoms with van der Waals surface area (Å²) in [6, 6.07) is 12.8. The predicted molar refractivity (Wildman–Crippen MR) is 92.3 cm³/mol. The number of H-pyrrole nitrogens is 1. The van der Waals surface area contributed by atoms with Crippen molar-refractivity contribution in [2.45, 2.75) is 6.18 Å². The maximum Gasteiger partial charge on any atom is 0.421 e. The van der Waals surface area contributed by atoms with Crippen molar-refractivity contribution in [1.29, 1.82) is 0 Å². The number of aromatic nitrogens is 3. The molecule has 0 bridgehead atoms. The summed E-state index contributed by atoms with van der Waals surface area (Å²) in [4.78, 5) is 26.2. The fourth-order valence-corrected chi connectivity index (χ4v) is 3.03. The van der Waals surface area contributed by atoms with E-state index in [1.54, 1.807) is 12.1 Å². The lowest BCUT2D eigenvalue weighted by atomic mass is 10.1. The number of nitrogens with zero attached hydrogens (tertiary/aromatic N) is 2. The Morgan fingerprint density at radius 2 is 1.81 bits per heavy atom. The lowest BCUT2D eigenvalue weighted by Crippen LogP contribution is -2.20. The van der Waals surface area contributed by atoms with Gasteiger partial charge in [0.15, 0.2) is 5.69 Å². The Kier molecular flexibility index (Phi) is 3.55. The molecule has 0 spiro atoms. The molecule has 1 amide bonds. The van der Waals surface area contributed by atoms with Crippen molar-refractivity contribution < 1.29 is 18.0 Å². The topological polar surface area (TPSA) is 93.2 Å². The summed E-state index contributed by atoms with van der Waals surface area (Å²) in [6.45, 7) is 0. The molecule has 4 aromatic rings. The Bertz CT molecular complexity index is 1270. The maximum atomic E-state index is 13.3. The first kappa shape index (κ1) is 16.8. The van der Waals surface area contributed by atoms with Gasteiger partial charge in [0.2, 0.25) is 0 Å². The SMILES string of the molecule is NC(=O)c1nn2cc(-c3ccc4ccccc4c3)[nH]c(=O)c2c1C(F)(F)F. The molecule has 6 nitrogen and oxygen atoms in total. The molecular formula is C18H11F3N4O2. The van der Waals surface area contributed by atoms with Gasteiger partial charge in [0.1, 0.15) is 11.1 Å². The van der Waals surface area contributed by atoms with E-state index in [0.29, 0.717) is 5.56 Å². The van der Waals surface area contributed by atoms with Crippen LogP contribution in [0.15, 0.2) is 53.5 Å². The highest BCUT2D eigenvalue weighted by Crippen LogP contribution is 2.34. The average Bonchev–Trinajstić information content (AvgIpc) is 3.02. The van der Waals surface area contributed by atoms with Gasteiger partial charge in [-0.05, 0) is 16.8 Å². The van der Waals surface area contributed by atoms with Crippen LogP contribution in [0.3, 0.4) is 0 Å². The molecule has 0 saturated carbocycles. The van der Waals surface area contributed by atoms with E-state index in [-0.39, 0.29) is 5.69 Å². The van der Waals surface area contributed by atoms with Gasteiger partial charge in [-0.3, -0.25) is 9.59 Å². The van der Waals surface area contributed by atoms with Gasteiger partial charge in [0.25, 0.3) is 11.5 Å². The molecule has 0 saturated heterocycles. The molecule has 4 rings (SSSR count). The van der Waals surface area contributed by atoms with E-state index in [4.69, 9.17) is 5.73 Å². The summed E-state index contributed by atoms with van der Waals surface area (Å²) in [5.41, 5.74) is 1.61. The van der Waals surface area contributed by atoms with E-state index in [2.05, 4.69) is 10.1 Å². The van der Waals surface area contributed by atoms with Crippen LogP contribution >= 0.6 is 0 Å². The molecule has 2 aromatic heterocycles. The number of benzene rings is 2. The van der Waals surface area contributed by atoms with E-state index in [1.165, 1.54) is 6.20 Å². The van der Waals surface area contributed by atoms with Crippen molar-refractivity contribution in [2.75, 3.05) is 0 Å². The normalized spacial score (nSPS) is 12.0. The highest BCUT2D eigenvalue weighted by molar-refractivity contribution is 5.95. The van der Waals surface area contributed by atoms with Crippen LogP contribution in [0.1, 0.15) is 16.1 Å². The fourth-order valence-electron chi connectivity index (χ4n) is 3.03. The van der Waals surface area contributed by atoms with E-state index in [1.807, 2.05) is 30.3 Å². The van der Waals surface area contributed by atoms with Crippen molar-refractivity contribution in [3.8, 4) is 11.3 Å². The number of hydrogen-bond donors (Lipinski definition) is 2. The summed E-state index contributed by atoms with van der Waals surface area (Å²) < 4.78 is 40.8. The lowest BCUT2D eigenvalue weighted by molar-refractivity contribution is -0.136. The molecule has 136 valence electrons. The van der Waals surface area contributed by atoms with Gasteiger partial charge >= 0.3 is 6.18 Å². The quantitative estimate of drug-likeness (QED) is 0.567. The second kappa shape index (κ2) is 5.70. The minimum Gasteiger partial charge on any atom is -0.364 e. The number of primary amides is 1. The Labute approximate surface area is 149 Å². The number of fused-ring (bicyclic) bond motifs is 2. The van der Waals surface area contributed by atoms with E-state index < -0.39 is 34.4 Å². The third-order valence-corrected chi connectivity index (χ3v) is 4.20. The van der Waals surface area contributed by atoms with Gasteiger partial charge < -0.3 is 10.7 Å². The number of nitrogens with one attached hydrogen (secondary N) is 1. The second-order valence-electron chi connectivity index (χ2n) is 5.94. The molecule has 2 aromatic carbocycles.